The summed E-state index contributed by atoms with van der Waals surface area (Å²) in [7, 11) is 0. The Morgan fingerprint density at radius 3 is 2.21 bits per heavy atom. The second-order valence-electron chi connectivity index (χ2n) is 9.85. The number of hydrogen-bond donors (Lipinski definition) is 1. The number of nitrogens with one attached hydrogen (secondary N) is 1. The Hall–Kier alpha value is -1.92. The Morgan fingerprint density at radius 2 is 1.71 bits per heavy atom. The van der Waals surface area contributed by atoms with Gasteiger partial charge in [-0.05, 0) is 37.0 Å². The van der Waals surface area contributed by atoms with E-state index in [1.54, 1.807) is 20.8 Å². The quantitative estimate of drug-likeness (QED) is 0.552. The molecule has 158 valence electrons. The first kappa shape index (κ1) is 22.4. The van der Waals surface area contributed by atoms with Crippen molar-refractivity contribution in [1.29, 1.82) is 0 Å². The highest BCUT2D eigenvalue weighted by Crippen LogP contribution is 2.45. The summed E-state index contributed by atoms with van der Waals surface area (Å²) in [4.78, 5) is 50.1. The first-order chi connectivity index (χ1) is 12.8. The number of Topliss-reactive ketones (excluding diaryl/α,β-unsaturated/α-hetero) is 1. The van der Waals surface area contributed by atoms with Crippen LogP contribution in [0.25, 0.3) is 0 Å². The second-order valence-corrected chi connectivity index (χ2v) is 9.85. The number of carbonyl (C=O) groups is 4. The number of ketones is 1. The first-order valence-corrected chi connectivity index (χ1v) is 10.2. The molecule has 0 aromatic carbocycles. The maximum Gasteiger partial charge on any atom is 0.326 e. The van der Waals surface area contributed by atoms with Gasteiger partial charge in [-0.25, -0.2) is 4.79 Å². The van der Waals surface area contributed by atoms with E-state index in [0.717, 1.165) is 24.2 Å². The van der Waals surface area contributed by atoms with Crippen molar-refractivity contribution in [2.45, 2.75) is 79.2 Å². The van der Waals surface area contributed by atoms with Gasteiger partial charge >= 0.3 is 12.0 Å². The van der Waals surface area contributed by atoms with Crippen molar-refractivity contribution < 1.29 is 23.9 Å². The molecule has 0 atom stereocenters. The number of ether oxygens (including phenoxy) is 1. The average Bonchev–Trinajstić information content (AvgIpc) is 2.83. The number of imide groups is 1. The molecule has 0 aromatic heterocycles. The van der Waals surface area contributed by atoms with Gasteiger partial charge in [0.05, 0.1) is 0 Å². The second kappa shape index (κ2) is 7.84. The Bertz CT molecular complexity index is 654. The van der Waals surface area contributed by atoms with Crippen LogP contribution < -0.4 is 5.32 Å². The molecule has 7 nitrogen and oxygen atoms in total. The molecule has 2 fully saturated rings. The largest absolute Gasteiger partial charge is 0.456 e. The van der Waals surface area contributed by atoms with Gasteiger partial charge < -0.3 is 10.1 Å². The van der Waals surface area contributed by atoms with Crippen LogP contribution in [0.15, 0.2) is 0 Å². The van der Waals surface area contributed by atoms with E-state index in [2.05, 4.69) is 26.1 Å². The maximum atomic E-state index is 12.9. The highest BCUT2D eigenvalue weighted by molar-refractivity contribution is 6.08. The zero-order valence-corrected chi connectivity index (χ0v) is 18.0. The van der Waals surface area contributed by atoms with E-state index in [4.69, 9.17) is 4.74 Å². The molecule has 7 heteroatoms. The minimum atomic E-state index is -0.904. The van der Waals surface area contributed by atoms with E-state index >= 15 is 0 Å². The molecule has 1 N–H and O–H groups in total. The molecule has 0 radical (unpaired) electrons. The molecule has 0 bridgehead atoms. The molecule has 1 saturated carbocycles. The lowest BCUT2D eigenvalue weighted by Crippen LogP contribution is -2.51. The van der Waals surface area contributed by atoms with Crippen LogP contribution in [0.2, 0.25) is 0 Å². The lowest BCUT2D eigenvalue weighted by atomic mass is 9.65. The number of esters is 1. The fraction of sp³-hybridized carbons (Fsp3) is 0.810. The number of hydrogen-bond acceptors (Lipinski definition) is 5. The van der Waals surface area contributed by atoms with Crippen LogP contribution in [-0.2, 0) is 19.1 Å². The number of urea groups is 1. The minimum Gasteiger partial charge on any atom is -0.456 e. The zero-order chi connectivity index (χ0) is 21.3. The summed E-state index contributed by atoms with van der Waals surface area (Å²) in [6.45, 7) is 11.0. The Labute approximate surface area is 167 Å². The smallest absolute Gasteiger partial charge is 0.326 e. The predicted molar refractivity (Wildman–Crippen MR) is 104 cm³/mol. The van der Waals surface area contributed by atoms with Crippen LogP contribution in [0, 0.1) is 16.7 Å². The molecule has 3 amide bonds. The molecule has 1 aliphatic heterocycles. The van der Waals surface area contributed by atoms with Gasteiger partial charge in [-0.1, -0.05) is 48.0 Å². The van der Waals surface area contributed by atoms with Crippen LogP contribution in [0.3, 0.4) is 0 Å². The SMILES string of the molecule is CCC(C)(C)C1CCC2(CC1)NC(=O)N(CC(=O)OCC(=O)C(C)(C)C)C2=O. The Balaban J connectivity index is 1.95. The van der Waals surface area contributed by atoms with Gasteiger partial charge in [-0.2, -0.15) is 0 Å². The number of carbonyl (C=O) groups excluding carboxylic acids is 4. The molecular weight excluding hydrogens is 360 g/mol. The zero-order valence-electron chi connectivity index (χ0n) is 18.0. The predicted octanol–water partition coefficient (Wildman–Crippen LogP) is 3.06. The monoisotopic (exact) mass is 394 g/mol. The van der Waals surface area contributed by atoms with Crippen molar-refractivity contribution in [3.63, 3.8) is 0 Å². The molecule has 1 saturated heterocycles. The van der Waals surface area contributed by atoms with Crippen molar-refractivity contribution in [3.05, 3.63) is 0 Å². The van der Waals surface area contributed by atoms with Gasteiger partial charge in [-0.3, -0.25) is 19.3 Å². The molecule has 1 aliphatic carbocycles. The summed E-state index contributed by atoms with van der Waals surface area (Å²) < 4.78 is 4.98. The highest BCUT2D eigenvalue weighted by atomic mass is 16.5. The summed E-state index contributed by atoms with van der Waals surface area (Å²) in [5, 5.41) is 2.82. The van der Waals surface area contributed by atoms with Gasteiger partial charge in [0, 0.05) is 5.41 Å². The molecule has 0 unspecified atom stereocenters. The standard InChI is InChI=1S/C21H34N2O5/c1-7-20(5,6)14-8-10-21(11-9-14)17(26)23(18(27)22-21)12-16(25)28-13-15(24)19(2,3)4/h14H,7-13H2,1-6H3,(H,22,27). The van der Waals surface area contributed by atoms with Gasteiger partial charge in [0.25, 0.3) is 5.91 Å². The molecular formula is C21H34N2O5. The molecule has 0 aromatic rings. The average molecular weight is 395 g/mol. The first-order valence-electron chi connectivity index (χ1n) is 10.2. The van der Waals surface area contributed by atoms with Crippen LogP contribution >= 0.6 is 0 Å². The fourth-order valence-electron chi connectivity index (χ4n) is 3.88. The minimum absolute atomic E-state index is 0.205. The summed E-state index contributed by atoms with van der Waals surface area (Å²) in [5.41, 5.74) is -1.31. The van der Waals surface area contributed by atoms with Gasteiger partial charge in [0.1, 0.15) is 12.1 Å². The van der Waals surface area contributed by atoms with Gasteiger partial charge in [0.15, 0.2) is 12.4 Å². The summed E-state index contributed by atoms with van der Waals surface area (Å²) in [5.74, 6) is -0.815. The van der Waals surface area contributed by atoms with Crippen LogP contribution in [0.1, 0.15) is 73.6 Å². The molecule has 2 aliphatic rings. The summed E-state index contributed by atoms with van der Waals surface area (Å²) in [6.07, 6.45) is 3.96. The fourth-order valence-corrected chi connectivity index (χ4v) is 3.88. The number of rotatable bonds is 6. The van der Waals surface area contributed by atoms with Gasteiger partial charge in [-0.15, -0.1) is 0 Å². The number of amides is 3. The van der Waals surface area contributed by atoms with Crippen molar-refractivity contribution >= 4 is 23.7 Å². The van der Waals surface area contributed by atoms with Crippen molar-refractivity contribution in [2.24, 2.45) is 16.7 Å². The van der Waals surface area contributed by atoms with Crippen molar-refractivity contribution in [1.82, 2.24) is 10.2 Å². The lowest BCUT2D eigenvalue weighted by molar-refractivity contribution is -0.152. The van der Waals surface area contributed by atoms with E-state index in [9.17, 15) is 19.2 Å². The highest BCUT2D eigenvalue weighted by Gasteiger charge is 2.53. The van der Waals surface area contributed by atoms with Crippen molar-refractivity contribution in [3.8, 4) is 0 Å². The van der Waals surface area contributed by atoms with E-state index in [1.165, 1.54) is 0 Å². The van der Waals surface area contributed by atoms with Gasteiger partial charge in [0.2, 0.25) is 0 Å². The third-order valence-corrected chi connectivity index (χ3v) is 6.59. The normalized spacial score (nSPS) is 25.8. The molecule has 28 heavy (non-hydrogen) atoms. The van der Waals surface area contributed by atoms with E-state index in [0.29, 0.717) is 18.8 Å². The Morgan fingerprint density at radius 1 is 1.14 bits per heavy atom. The van der Waals surface area contributed by atoms with E-state index < -0.39 is 29.5 Å². The van der Waals surface area contributed by atoms with Crippen LogP contribution in [-0.4, -0.2) is 47.3 Å². The Kier molecular flexibility index (Phi) is 6.26. The molecule has 1 heterocycles. The maximum absolute atomic E-state index is 12.9. The summed E-state index contributed by atoms with van der Waals surface area (Å²) in [6, 6.07) is -0.558. The van der Waals surface area contributed by atoms with Crippen molar-refractivity contribution in [2.75, 3.05) is 13.2 Å². The topological polar surface area (TPSA) is 92.8 Å². The number of nitrogens with zero attached hydrogens (tertiary/aromatic N) is 1. The van der Waals surface area contributed by atoms with Crippen LogP contribution in [0.5, 0.6) is 0 Å². The molecule has 1 spiro atoms. The van der Waals surface area contributed by atoms with Crippen LogP contribution in [0.4, 0.5) is 4.79 Å². The third kappa shape index (κ3) is 4.55. The van der Waals surface area contributed by atoms with E-state index in [1.807, 2.05) is 0 Å². The third-order valence-electron chi connectivity index (χ3n) is 6.59. The van der Waals surface area contributed by atoms with E-state index in [-0.39, 0.29) is 23.7 Å². The molecule has 2 rings (SSSR count). The lowest BCUT2D eigenvalue weighted by Gasteiger charge is -2.42. The summed E-state index contributed by atoms with van der Waals surface area (Å²) >= 11 is 0.